The van der Waals surface area contributed by atoms with Gasteiger partial charge in [0.15, 0.2) is 11.5 Å². The summed E-state index contributed by atoms with van der Waals surface area (Å²) in [6.45, 7) is 1.81. The molecule has 7 heteroatoms. The first-order valence-corrected chi connectivity index (χ1v) is 7.37. The van der Waals surface area contributed by atoms with E-state index >= 15 is 0 Å². The van der Waals surface area contributed by atoms with Gasteiger partial charge in [-0.05, 0) is 36.8 Å². The Kier molecular flexibility index (Phi) is 5.73. The second-order valence-corrected chi connectivity index (χ2v) is 5.06. The summed E-state index contributed by atoms with van der Waals surface area (Å²) < 4.78 is 13.2. The summed E-state index contributed by atoms with van der Waals surface area (Å²) in [7, 11) is 0. The van der Waals surface area contributed by atoms with Gasteiger partial charge in [0.1, 0.15) is 11.9 Å². The van der Waals surface area contributed by atoms with Crippen molar-refractivity contribution in [3.63, 3.8) is 0 Å². The Labute approximate surface area is 138 Å². The molecule has 2 aromatic carbocycles. The number of rotatable bonds is 6. The Balaban J connectivity index is 1.99. The molecule has 0 fully saturated rings. The molecule has 2 aromatic rings. The molecule has 0 spiro atoms. The molecule has 6 nitrogen and oxygen atoms in total. The predicted molar refractivity (Wildman–Crippen MR) is 89.6 cm³/mol. The van der Waals surface area contributed by atoms with Gasteiger partial charge in [-0.15, -0.1) is 0 Å². The molecular formula is C17H18FN3O3. The van der Waals surface area contributed by atoms with Crippen molar-refractivity contribution in [2.75, 3.05) is 5.32 Å². The van der Waals surface area contributed by atoms with Gasteiger partial charge in [0, 0.05) is 11.3 Å². The first-order chi connectivity index (χ1) is 11.5. The fraction of sp³-hybridized carbons (Fsp3) is 0.176. The first-order valence-electron chi connectivity index (χ1n) is 7.37. The molecule has 0 radical (unpaired) electrons. The molecule has 2 rings (SSSR count). The van der Waals surface area contributed by atoms with E-state index in [9.17, 15) is 19.4 Å². The molecule has 0 saturated carbocycles. The maximum Gasteiger partial charge on any atom is 0.262 e. The molecule has 0 aromatic heterocycles. The second kappa shape index (κ2) is 7.96. The lowest BCUT2D eigenvalue weighted by atomic mass is 10.2. The van der Waals surface area contributed by atoms with Crippen LogP contribution < -0.4 is 10.7 Å². The standard InChI is InChI=1S/C17H18FN3O3/c1-2-14(20-13-7-4-6-12(18)9-13)17(24)21-19-10-11-5-3-8-15(22)16(11)23/h3-10,14,20,22-23H,2H2,1H3,(H,21,24). The summed E-state index contributed by atoms with van der Waals surface area (Å²) >= 11 is 0. The van der Waals surface area contributed by atoms with E-state index in [1.54, 1.807) is 25.1 Å². The molecule has 0 saturated heterocycles. The maximum atomic E-state index is 13.2. The lowest BCUT2D eigenvalue weighted by Crippen LogP contribution is -2.36. The van der Waals surface area contributed by atoms with Crippen molar-refractivity contribution >= 4 is 17.8 Å². The minimum Gasteiger partial charge on any atom is -0.504 e. The molecule has 0 aliphatic heterocycles. The highest BCUT2D eigenvalue weighted by Gasteiger charge is 2.15. The molecule has 1 amide bonds. The fourth-order valence-electron chi connectivity index (χ4n) is 2.03. The zero-order valence-corrected chi connectivity index (χ0v) is 13.0. The highest BCUT2D eigenvalue weighted by molar-refractivity contribution is 5.88. The van der Waals surface area contributed by atoms with E-state index in [1.807, 2.05) is 0 Å². The molecule has 0 bridgehead atoms. The Morgan fingerprint density at radius 2 is 2.04 bits per heavy atom. The second-order valence-electron chi connectivity index (χ2n) is 5.06. The van der Waals surface area contributed by atoms with Gasteiger partial charge < -0.3 is 15.5 Å². The number of carbonyl (C=O) groups is 1. The van der Waals surface area contributed by atoms with Crippen LogP contribution in [0.25, 0.3) is 0 Å². The number of hydrogen-bond acceptors (Lipinski definition) is 5. The Bertz CT molecular complexity index is 750. The van der Waals surface area contributed by atoms with E-state index in [4.69, 9.17) is 0 Å². The SMILES string of the molecule is CCC(Nc1cccc(F)c1)C(=O)NN=Cc1cccc(O)c1O. The number of carbonyl (C=O) groups excluding carboxylic acids is 1. The number of nitrogens with zero attached hydrogens (tertiary/aromatic N) is 1. The number of benzene rings is 2. The Hall–Kier alpha value is -3.09. The summed E-state index contributed by atoms with van der Waals surface area (Å²) in [5, 5.41) is 25.7. The van der Waals surface area contributed by atoms with Gasteiger partial charge in [-0.2, -0.15) is 5.10 Å². The largest absolute Gasteiger partial charge is 0.504 e. The van der Waals surface area contributed by atoms with Crippen LogP contribution >= 0.6 is 0 Å². The third kappa shape index (κ3) is 4.45. The van der Waals surface area contributed by atoms with E-state index in [1.165, 1.54) is 30.5 Å². The average Bonchev–Trinajstić information content (AvgIpc) is 2.56. The summed E-state index contributed by atoms with van der Waals surface area (Å²) in [4.78, 5) is 12.1. The molecule has 4 N–H and O–H groups in total. The van der Waals surface area contributed by atoms with E-state index in [0.29, 0.717) is 12.1 Å². The van der Waals surface area contributed by atoms with Gasteiger partial charge in [0.2, 0.25) is 0 Å². The van der Waals surface area contributed by atoms with Crippen LogP contribution in [0.3, 0.4) is 0 Å². The molecule has 24 heavy (non-hydrogen) atoms. The van der Waals surface area contributed by atoms with Gasteiger partial charge in [-0.25, -0.2) is 9.82 Å². The number of phenols is 2. The van der Waals surface area contributed by atoms with Gasteiger partial charge in [0.25, 0.3) is 5.91 Å². The first kappa shape index (κ1) is 17.3. The maximum absolute atomic E-state index is 13.2. The summed E-state index contributed by atoms with van der Waals surface area (Å²) in [5.74, 6) is -1.39. The molecule has 0 aliphatic rings. The van der Waals surface area contributed by atoms with Crippen LogP contribution in [-0.4, -0.2) is 28.4 Å². The highest BCUT2D eigenvalue weighted by Crippen LogP contribution is 2.26. The lowest BCUT2D eigenvalue weighted by molar-refractivity contribution is -0.121. The van der Waals surface area contributed by atoms with Crippen LogP contribution in [0.1, 0.15) is 18.9 Å². The molecule has 0 heterocycles. The van der Waals surface area contributed by atoms with E-state index in [0.717, 1.165) is 0 Å². The Morgan fingerprint density at radius 1 is 1.29 bits per heavy atom. The zero-order valence-electron chi connectivity index (χ0n) is 13.0. The van der Waals surface area contributed by atoms with Crippen molar-refractivity contribution in [1.82, 2.24) is 5.43 Å². The van der Waals surface area contributed by atoms with Gasteiger partial charge in [-0.1, -0.05) is 19.1 Å². The van der Waals surface area contributed by atoms with Crippen LogP contribution in [0.15, 0.2) is 47.6 Å². The number of nitrogens with one attached hydrogen (secondary N) is 2. The van der Waals surface area contributed by atoms with Crippen molar-refractivity contribution in [3.8, 4) is 11.5 Å². The molecule has 1 atom stereocenters. The number of hydrogen-bond donors (Lipinski definition) is 4. The van der Waals surface area contributed by atoms with Gasteiger partial charge >= 0.3 is 0 Å². The van der Waals surface area contributed by atoms with E-state index in [-0.39, 0.29) is 17.1 Å². The molecular weight excluding hydrogens is 313 g/mol. The van der Waals surface area contributed by atoms with Gasteiger partial charge in [0.05, 0.1) is 6.21 Å². The number of halogens is 1. The van der Waals surface area contributed by atoms with Crippen molar-refractivity contribution < 1.29 is 19.4 Å². The number of para-hydroxylation sites is 1. The van der Waals surface area contributed by atoms with E-state index < -0.39 is 17.8 Å². The minimum atomic E-state index is -0.596. The third-order valence-corrected chi connectivity index (χ3v) is 3.31. The van der Waals surface area contributed by atoms with Crippen molar-refractivity contribution in [2.24, 2.45) is 5.10 Å². The zero-order chi connectivity index (χ0) is 17.5. The normalized spacial score (nSPS) is 12.1. The predicted octanol–water partition coefficient (Wildman–Crippen LogP) is 2.58. The van der Waals surface area contributed by atoms with Crippen molar-refractivity contribution in [2.45, 2.75) is 19.4 Å². The van der Waals surface area contributed by atoms with Crippen LogP contribution in [0, 0.1) is 5.82 Å². The quantitative estimate of drug-likeness (QED) is 0.372. The lowest BCUT2D eigenvalue weighted by Gasteiger charge is -2.16. The number of hydrazone groups is 1. The number of aromatic hydroxyl groups is 2. The van der Waals surface area contributed by atoms with E-state index in [2.05, 4.69) is 15.8 Å². The number of anilines is 1. The summed E-state index contributed by atoms with van der Waals surface area (Å²) in [5.41, 5.74) is 3.10. The number of phenolic OH excluding ortho intramolecular Hbond substituents is 2. The Morgan fingerprint density at radius 3 is 2.75 bits per heavy atom. The highest BCUT2D eigenvalue weighted by atomic mass is 19.1. The van der Waals surface area contributed by atoms with Crippen LogP contribution in [-0.2, 0) is 4.79 Å². The van der Waals surface area contributed by atoms with Gasteiger partial charge in [-0.3, -0.25) is 4.79 Å². The molecule has 126 valence electrons. The summed E-state index contributed by atoms with van der Waals surface area (Å²) in [6.07, 6.45) is 1.69. The average molecular weight is 331 g/mol. The monoisotopic (exact) mass is 331 g/mol. The third-order valence-electron chi connectivity index (χ3n) is 3.31. The topological polar surface area (TPSA) is 94.0 Å². The molecule has 1 unspecified atom stereocenters. The molecule has 0 aliphatic carbocycles. The summed E-state index contributed by atoms with van der Waals surface area (Å²) in [6, 6.07) is 9.63. The van der Waals surface area contributed by atoms with Crippen LogP contribution in [0.2, 0.25) is 0 Å². The number of amides is 1. The fourth-order valence-corrected chi connectivity index (χ4v) is 2.03. The van der Waals surface area contributed by atoms with Crippen molar-refractivity contribution in [1.29, 1.82) is 0 Å². The minimum absolute atomic E-state index is 0.265. The van der Waals surface area contributed by atoms with Crippen LogP contribution in [0.4, 0.5) is 10.1 Å². The van der Waals surface area contributed by atoms with Crippen LogP contribution in [0.5, 0.6) is 11.5 Å². The van der Waals surface area contributed by atoms with Crippen molar-refractivity contribution in [3.05, 3.63) is 53.8 Å². The smallest absolute Gasteiger partial charge is 0.262 e.